The topological polar surface area (TPSA) is 24.9 Å². The lowest BCUT2D eigenvalue weighted by Crippen LogP contribution is -2.28. The quantitative estimate of drug-likeness (QED) is 0.797. The summed E-state index contributed by atoms with van der Waals surface area (Å²) in [5.41, 5.74) is 1.81. The molecule has 1 N–H and O–H groups in total. The molecule has 82 valence electrons. The number of nitrogens with zero attached hydrogens (tertiary/aromatic N) is 1. The molecule has 0 bridgehead atoms. The summed E-state index contributed by atoms with van der Waals surface area (Å²) in [5.74, 6) is 0. The third-order valence-electron chi connectivity index (χ3n) is 3.35. The largest absolute Gasteiger partial charge is 0.309 e. The van der Waals surface area contributed by atoms with Gasteiger partial charge in [-0.25, -0.2) is 0 Å². The molecule has 1 aromatic heterocycles. The second-order valence-corrected chi connectivity index (χ2v) is 4.83. The molecular weight excluding hydrogens is 184 g/mol. The van der Waals surface area contributed by atoms with Gasteiger partial charge in [-0.2, -0.15) is 0 Å². The minimum absolute atomic E-state index is 0.470. The highest BCUT2D eigenvalue weighted by Gasteiger charge is 2.45. The van der Waals surface area contributed by atoms with Crippen molar-refractivity contribution in [1.82, 2.24) is 10.3 Å². The molecule has 1 aliphatic carbocycles. The lowest BCUT2D eigenvalue weighted by molar-refractivity contribution is 0.366. The van der Waals surface area contributed by atoms with E-state index in [-0.39, 0.29) is 0 Å². The van der Waals surface area contributed by atoms with E-state index < -0.39 is 0 Å². The van der Waals surface area contributed by atoms with E-state index in [1.807, 2.05) is 18.5 Å². The average Bonchev–Trinajstić information content (AvgIpc) is 2.99. The van der Waals surface area contributed by atoms with E-state index >= 15 is 0 Å². The van der Waals surface area contributed by atoms with Crippen molar-refractivity contribution < 1.29 is 0 Å². The average molecular weight is 204 g/mol. The molecule has 0 saturated heterocycles. The van der Waals surface area contributed by atoms with Gasteiger partial charge in [-0.1, -0.05) is 19.9 Å². The number of hydrogen-bond donors (Lipinski definition) is 1. The number of pyridine rings is 1. The highest BCUT2D eigenvalue weighted by molar-refractivity contribution is 5.20. The Morgan fingerprint density at radius 2 is 2.33 bits per heavy atom. The standard InChI is InChI=1S/C13H20N2/c1-3-8-15-12(13(2)6-7-13)11-5-4-9-14-10-11/h4-5,9-10,12,15H,3,6-8H2,1-2H3. The molecule has 0 aromatic carbocycles. The normalized spacial score (nSPS) is 19.9. The SMILES string of the molecule is CCCNC(c1cccnc1)C1(C)CC1. The first-order valence-corrected chi connectivity index (χ1v) is 5.89. The first kappa shape index (κ1) is 10.6. The first-order valence-electron chi connectivity index (χ1n) is 5.89. The summed E-state index contributed by atoms with van der Waals surface area (Å²) in [6.45, 7) is 5.67. The Labute approximate surface area is 92.1 Å². The van der Waals surface area contributed by atoms with Crippen LogP contribution in [0.3, 0.4) is 0 Å². The zero-order valence-electron chi connectivity index (χ0n) is 9.66. The summed E-state index contributed by atoms with van der Waals surface area (Å²) in [4.78, 5) is 4.21. The third kappa shape index (κ3) is 2.37. The van der Waals surface area contributed by atoms with Crippen LogP contribution in [0.2, 0.25) is 0 Å². The maximum atomic E-state index is 4.21. The van der Waals surface area contributed by atoms with Crippen molar-refractivity contribution in [2.45, 2.75) is 39.2 Å². The second-order valence-electron chi connectivity index (χ2n) is 4.83. The summed E-state index contributed by atoms with van der Waals surface area (Å²) in [5, 5.41) is 3.65. The zero-order chi connectivity index (χ0) is 10.7. The van der Waals surface area contributed by atoms with Crippen LogP contribution in [-0.2, 0) is 0 Å². The molecular formula is C13H20N2. The van der Waals surface area contributed by atoms with Gasteiger partial charge in [0.2, 0.25) is 0 Å². The minimum atomic E-state index is 0.470. The van der Waals surface area contributed by atoms with Crippen LogP contribution in [0.5, 0.6) is 0 Å². The molecule has 1 atom stereocenters. The number of rotatable bonds is 5. The van der Waals surface area contributed by atoms with E-state index in [0.29, 0.717) is 11.5 Å². The lowest BCUT2D eigenvalue weighted by atomic mass is 9.93. The van der Waals surface area contributed by atoms with Gasteiger partial charge in [-0.3, -0.25) is 4.98 Å². The molecule has 15 heavy (non-hydrogen) atoms. The van der Waals surface area contributed by atoms with Crippen LogP contribution in [-0.4, -0.2) is 11.5 Å². The Balaban J connectivity index is 2.12. The van der Waals surface area contributed by atoms with Crippen molar-refractivity contribution in [2.75, 3.05) is 6.54 Å². The van der Waals surface area contributed by atoms with Gasteiger partial charge < -0.3 is 5.32 Å². The van der Waals surface area contributed by atoms with Gasteiger partial charge in [0.05, 0.1) is 0 Å². The molecule has 0 aliphatic heterocycles. The monoisotopic (exact) mass is 204 g/mol. The summed E-state index contributed by atoms with van der Waals surface area (Å²) in [6, 6.07) is 4.71. The summed E-state index contributed by atoms with van der Waals surface area (Å²) in [7, 11) is 0. The molecule has 2 nitrogen and oxygen atoms in total. The number of nitrogens with one attached hydrogen (secondary N) is 1. The zero-order valence-corrected chi connectivity index (χ0v) is 9.66. The van der Waals surface area contributed by atoms with Crippen LogP contribution in [0.25, 0.3) is 0 Å². The Morgan fingerprint density at radius 1 is 1.53 bits per heavy atom. The fraction of sp³-hybridized carbons (Fsp3) is 0.615. The Hall–Kier alpha value is -0.890. The van der Waals surface area contributed by atoms with Crippen molar-refractivity contribution >= 4 is 0 Å². The fourth-order valence-electron chi connectivity index (χ4n) is 2.09. The van der Waals surface area contributed by atoms with Gasteiger partial charge in [-0.15, -0.1) is 0 Å². The minimum Gasteiger partial charge on any atom is -0.309 e. The van der Waals surface area contributed by atoms with E-state index in [9.17, 15) is 0 Å². The molecule has 2 heteroatoms. The molecule has 0 amide bonds. The predicted octanol–water partition coefficient (Wildman–Crippen LogP) is 2.92. The fourth-order valence-corrected chi connectivity index (χ4v) is 2.09. The van der Waals surface area contributed by atoms with E-state index in [1.54, 1.807) is 0 Å². The maximum Gasteiger partial charge on any atom is 0.0389 e. The summed E-state index contributed by atoms with van der Waals surface area (Å²) in [6.07, 6.45) is 7.70. The third-order valence-corrected chi connectivity index (χ3v) is 3.35. The molecule has 0 radical (unpaired) electrons. The summed E-state index contributed by atoms with van der Waals surface area (Å²) >= 11 is 0. The van der Waals surface area contributed by atoms with Gasteiger partial charge in [-0.05, 0) is 42.9 Å². The van der Waals surface area contributed by atoms with E-state index in [4.69, 9.17) is 0 Å². The van der Waals surface area contributed by atoms with Gasteiger partial charge in [0.15, 0.2) is 0 Å². The van der Waals surface area contributed by atoms with Crippen LogP contribution in [0.4, 0.5) is 0 Å². The molecule has 2 rings (SSSR count). The van der Waals surface area contributed by atoms with Gasteiger partial charge in [0.25, 0.3) is 0 Å². The highest BCUT2D eigenvalue weighted by atomic mass is 14.9. The van der Waals surface area contributed by atoms with Crippen LogP contribution in [0.15, 0.2) is 24.5 Å². The van der Waals surface area contributed by atoms with E-state index in [1.165, 1.54) is 24.8 Å². The smallest absolute Gasteiger partial charge is 0.0389 e. The Morgan fingerprint density at radius 3 is 2.87 bits per heavy atom. The van der Waals surface area contributed by atoms with Crippen LogP contribution in [0.1, 0.15) is 44.7 Å². The molecule has 1 aromatic rings. The maximum absolute atomic E-state index is 4.21. The van der Waals surface area contributed by atoms with Crippen molar-refractivity contribution in [3.63, 3.8) is 0 Å². The Bertz CT molecular complexity index is 304. The van der Waals surface area contributed by atoms with Crippen molar-refractivity contribution in [3.05, 3.63) is 30.1 Å². The van der Waals surface area contributed by atoms with Crippen molar-refractivity contribution in [1.29, 1.82) is 0 Å². The summed E-state index contributed by atoms with van der Waals surface area (Å²) < 4.78 is 0. The van der Waals surface area contributed by atoms with Crippen LogP contribution in [0, 0.1) is 5.41 Å². The van der Waals surface area contributed by atoms with E-state index in [2.05, 4.69) is 30.2 Å². The van der Waals surface area contributed by atoms with Gasteiger partial charge >= 0.3 is 0 Å². The van der Waals surface area contributed by atoms with Crippen LogP contribution < -0.4 is 5.32 Å². The number of aromatic nitrogens is 1. The molecule has 1 fully saturated rings. The molecule has 0 spiro atoms. The lowest BCUT2D eigenvalue weighted by Gasteiger charge is -2.25. The highest BCUT2D eigenvalue weighted by Crippen LogP contribution is 2.54. The molecule has 1 heterocycles. The Kier molecular flexibility index (Phi) is 3.06. The first-order chi connectivity index (χ1) is 7.26. The molecule has 1 saturated carbocycles. The van der Waals surface area contributed by atoms with Crippen molar-refractivity contribution in [2.24, 2.45) is 5.41 Å². The molecule has 1 unspecified atom stereocenters. The molecule has 1 aliphatic rings. The van der Waals surface area contributed by atoms with Gasteiger partial charge in [0.1, 0.15) is 0 Å². The van der Waals surface area contributed by atoms with Crippen molar-refractivity contribution in [3.8, 4) is 0 Å². The van der Waals surface area contributed by atoms with E-state index in [0.717, 1.165) is 6.54 Å². The van der Waals surface area contributed by atoms with Crippen LogP contribution >= 0.6 is 0 Å². The van der Waals surface area contributed by atoms with Gasteiger partial charge in [0, 0.05) is 18.4 Å². The number of hydrogen-bond acceptors (Lipinski definition) is 2. The second kappa shape index (κ2) is 4.31. The predicted molar refractivity (Wildman–Crippen MR) is 62.6 cm³/mol.